The van der Waals surface area contributed by atoms with E-state index in [1.54, 1.807) is 6.92 Å². The Labute approximate surface area is 125 Å². The van der Waals surface area contributed by atoms with Gasteiger partial charge in [0.05, 0.1) is 12.5 Å². The van der Waals surface area contributed by atoms with Crippen molar-refractivity contribution in [1.29, 1.82) is 0 Å². The van der Waals surface area contributed by atoms with Crippen molar-refractivity contribution in [3.8, 4) is 0 Å². The number of rotatable bonds is 6. The lowest BCUT2D eigenvalue weighted by Crippen LogP contribution is -2.36. The first-order chi connectivity index (χ1) is 10.2. The number of hydrogen-bond acceptors (Lipinski definition) is 3. The second-order valence-electron chi connectivity index (χ2n) is 5.46. The van der Waals surface area contributed by atoms with E-state index < -0.39 is 0 Å². The SMILES string of the molecule is CCOC(=O)CNC(=O)[C@@H](c1ccccc1)C1CCCC1. The summed E-state index contributed by atoms with van der Waals surface area (Å²) in [5.41, 5.74) is 1.03. The van der Waals surface area contributed by atoms with Gasteiger partial charge in [-0.25, -0.2) is 0 Å². The molecule has 0 aromatic heterocycles. The smallest absolute Gasteiger partial charge is 0.325 e. The molecule has 0 bridgehead atoms. The normalized spacial score (nSPS) is 16.4. The van der Waals surface area contributed by atoms with Crippen molar-refractivity contribution >= 4 is 11.9 Å². The highest BCUT2D eigenvalue weighted by atomic mass is 16.5. The molecule has 1 aromatic carbocycles. The molecule has 21 heavy (non-hydrogen) atoms. The summed E-state index contributed by atoms with van der Waals surface area (Å²) < 4.78 is 4.85. The van der Waals surface area contributed by atoms with Crippen LogP contribution in [0, 0.1) is 5.92 Å². The summed E-state index contributed by atoms with van der Waals surface area (Å²) in [5.74, 6) is -0.247. The van der Waals surface area contributed by atoms with Gasteiger partial charge in [0.1, 0.15) is 6.54 Å². The van der Waals surface area contributed by atoms with Crippen molar-refractivity contribution in [3.05, 3.63) is 35.9 Å². The Bertz CT molecular complexity index is 466. The molecule has 0 spiro atoms. The summed E-state index contributed by atoms with van der Waals surface area (Å²) in [7, 11) is 0. The van der Waals surface area contributed by atoms with E-state index in [-0.39, 0.29) is 24.3 Å². The molecule has 1 aliphatic rings. The van der Waals surface area contributed by atoms with Gasteiger partial charge in [0.2, 0.25) is 5.91 Å². The average molecular weight is 289 g/mol. The highest BCUT2D eigenvalue weighted by molar-refractivity contribution is 5.87. The molecule has 0 heterocycles. The van der Waals surface area contributed by atoms with E-state index >= 15 is 0 Å². The lowest BCUT2D eigenvalue weighted by molar-refractivity contribution is -0.143. The number of carbonyl (C=O) groups excluding carboxylic acids is 2. The van der Waals surface area contributed by atoms with E-state index in [0.29, 0.717) is 12.5 Å². The maximum absolute atomic E-state index is 12.5. The minimum atomic E-state index is -0.385. The zero-order chi connectivity index (χ0) is 15.1. The fourth-order valence-corrected chi connectivity index (χ4v) is 3.07. The topological polar surface area (TPSA) is 55.4 Å². The number of amides is 1. The number of benzene rings is 1. The molecule has 114 valence electrons. The molecule has 4 nitrogen and oxygen atoms in total. The monoisotopic (exact) mass is 289 g/mol. The fourth-order valence-electron chi connectivity index (χ4n) is 3.07. The molecule has 1 fully saturated rings. The van der Waals surface area contributed by atoms with Gasteiger partial charge >= 0.3 is 5.97 Å². The van der Waals surface area contributed by atoms with E-state index in [2.05, 4.69) is 5.32 Å². The summed E-state index contributed by atoms with van der Waals surface area (Å²) >= 11 is 0. The van der Waals surface area contributed by atoms with Crippen molar-refractivity contribution in [2.75, 3.05) is 13.2 Å². The summed E-state index contributed by atoms with van der Waals surface area (Å²) in [6.07, 6.45) is 4.51. The third-order valence-electron chi connectivity index (χ3n) is 4.02. The quantitative estimate of drug-likeness (QED) is 0.819. The Morgan fingerprint density at radius 2 is 1.90 bits per heavy atom. The average Bonchev–Trinajstić information content (AvgIpc) is 3.01. The molecular weight excluding hydrogens is 266 g/mol. The minimum Gasteiger partial charge on any atom is -0.465 e. The summed E-state index contributed by atoms with van der Waals surface area (Å²) in [6.45, 7) is 2.03. The van der Waals surface area contributed by atoms with Gasteiger partial charge in [-0.3, -0.25) is 9.59 Å². The van der Waals surface area contributed by atoms with E-state index in [0.717, 1.165) is 18.4 Å². The third kappa shape index (κ3) is 4.31. The minimum absolute atomic E-state index is 0.0529. The first kappa shape index (κ1) is 15.5. The van der Waals surface area contributed by atoms with Gasteiger partial charge in [-0.2, -0.15) is 0 Å². The highest BCUT2D eigenvalue weighted by Gasteiger charge is 2.31. The molecule has 0 radical (unpaired) electrons. The van der Waals surface area contributed by atoms with Crippen LogP contribution in [0.25, 0.3) is 0 Å². The van der Waals surface area contributed by atoms with Gasteiger partial charge in [-0.1, -0.05) is 43.2 Å². The van der Waals surface area contributed by atoms with Crippen LogP contribution in [0.3, 0.4) is 0 Å². The van der Waals surface area contributed by atoms with Crippen LogP contribution in [0.4, 0.5) is 0 Å². The summed E-state index contributed by atoms with van der Waals surface area (Å²) in [6, 6.07) is 9.84. The van der Waals surface area contributed by atoms with E-state index in [1.165, 1.54) is 12.8 Å². The zero-order valence-electron chi connectivity index (χ0n) is 12.5. The molecule has 2 rings (SSSR count). The van der Waals surface area contributed by atoms with E-state index in [9.17, 15) is 9.59 Å². The molecule has 1 saturated carbocycles. The number of carbonyl (C=O) groups is 2. The number of ether oxygens (including phenoxy) is 1. The molecule has 4 heteroatoms. The van der Waals surface area contributed by atoms with Crippen LogP contribution in [0.5, 0.6) is 0 Å². The van der Waals surface area contributed by atoms with Gasteiger partial charge in [0.15, 0.2) is 0 Å². The van der Waals surface area contributed by atoms with Gasteiger partial charge in [-0.15, -0.1) is 0 Å². The second kappa shape index (κ2) is 7.81. The number of hydrogen-bond donors (Lipinski definition) is 1. The van der Waals surface area contributed by atoms with Crippen molar-refractivity contribution < 1.29 is 14.3 Å². The number of esters is 1. The molecule has 1 atom stereocenters. The Kier molecular flexibility index (Phi) is 5.78. The number of nitrogens with one attached hydrogen (secondary N) is 1. The maximum Gasteiger partial charge on any atom is 0.325 e. The van der Waals surface area contributed by atoms with Crippen molar-refractivity contribution in [2.45, 2.75) is 38.5 Å². The van der Waals surface area contributed by atoms with Crippen LogP contribution in [0.1, 0.15) is 44.1 Å². The summed E-state index contributed by atoms with van der Waals surface area (Å²) in [5, 5.41) is 2.73. The molecule has 1 N–H and O–H groups in total. The Morgan fingerprint density at radius 3 is 2.52 bits per heavy atom. The van der Waals surface area contributed by atoms with E-state index in [4.69, 9.17) is 4.74 Å². The molecule has 0 unspecified atom stereocenters. The Morgan fingerprint density at radius 1 is 1.24 bits per heavy atom. The van der Waals surface area contributed by atoms with Crippen molar-refractivity contribution in [1.82, 2.24) is 5.32 Å². The van der Waals surface area contributed by atoms with Gasteiger partial charge in [0.25, 0.3) is 0 Å². The zero-order valence-corrected chi connectivity index (χ0v) is 12.5. The second-order valence-corrected chi connectivity index (χ2v) is 5.46. The molecular formula is C17H23NO3. The lowest BCUT2D eigenvalue weighted by atomic mass is 9.84. The molecule has 0 aliphatic heterocycles. The van der Waals surface area contributed by atoms with Crippen LogP contribution in [-0.2, 0) is 14.3 Å². The van der Waals surface area contributed by atoms with Crippen LogP contribution < -0.4 is 5.32 Å². The van der Waals surface area contributed by atoms with Gasteiger partial charge < -0.3 is 10.1 Å². The largest absolute Gasteiger partial charge is 0.465 e. The van der Waals surface area contributed by atoms with Crippen molar-refractivity contribution in [2.24, 2.45) is 5.92 Å². The molecule has 1 aromatic rings. The highest BCUT2D eigenvalue weighted by Crippen LogP contribution is 2.37. The first-order valence-corrected chi connectivity index (χ1v) is 7.70. The predicted octanol–water partition coefficient (Wildman–Crippen LogP) is 2.64. The fraction of sp³-hybridized carbons (Fsp3) is 0.529. The first-order valence-electron chi connectivity index (χ1n) is 7.70. The Balaban J connectivity index is 2.04. The van der Waals surface area contributed by atoms with E-state index in [1.807, 2.05) is 30.3 Å². The maximum atomic E-state index is 12.5. The van der Waals surface area contributed by atoms with Crippen LogP contribution in [0.15, 0.2) is 30.3 Å². The summed E-state index contributed by atoms with van der Waals surface area (Å²) in [4.78, 5) is 23.9. The molecule has 0 saturated heterocycles. The van der Waals surface area contributed by atoms with Crippen molar-refractivity contribution in [3.63, 3.8) is 0 Å². The Hall–Kier alpha value is -1.84. The van der Waals surface area contributed by atoms with Crippen LogP contribution in [-0.4, -0.2) is 25.0 Å². The van der Waals surface area contributed by atoms with Crippen LogP contribution in [0.2, 0.25) is 0 Å². The predicted molar refractivity (Wildman–Crippen MR) is 80.8 cm³/mol. The molecule has 1 amide bonds. The third-order valence-corrected chi connectivity index (χ3v) is 4.02. The standard InChI is InChI=1S/C17H23NO3/c1-2-21-15(19)12-18-17(20)16(14-10-6-7-11-14)13-8-4-3-5-9-13/h3-5,8-9,14,16H,2,6-7,10-12H2,1H3,(H,18,20)/t16-/m0/s1. The lowest BCUT2D eigenvalue weighted by Gasteiger charge is -2.23. The molecule has 1 aliphatic carbocycles. The van der Waals surface area contributed by atoms with Gasteiger partial charge in [0, 0.05) is 0 Å². The van der Waals surface area contributed by atoms with Crippen LogP contribution >= 0.6 is 0 Å². The van der Waals surface area contributed by atoms with Gasteiger partial charge in [-0.05, 0) is 31.2 Å².